The van der Waals surface area contributed by atoms with Gasteiger partial charge >= 0.3 is 0 Å². The van der Waals surface area contributed by atoms with Crippen molar-refractivity contribution in [1.82, 2.24) is 24.5 Å². The molecule has 9 heteroatoms. The molecule has 4 rings (SSSR count). The zero-order valence-electron chi connectivity index (χ0n) is 17.2. The summed E-state index contributed by atoms with van der Waals surface area (Å²) in [5.41, 5.74) is 2.46. The summed E-state index contributed by atoms with van der Waals surface area (Å²) >= 11 is 0. The molecule has 9 nitrogen and oxygen atoms in total. The van der Waals surface area contributed by atoms with Crippen molar-refractivity contribution in [1.29, 1.82) is 0 Å². The summed E-state index contributed by atoms with van der Waals surface area (Å²) < 4.78 is 14.3. The van der Waals surface area contributed by atoms with Crippen molar-refractivity contribution in [2.45, 2.75) is 13.1 Å². The van der Waals surface area contributed by atoms with Crippen LogP contribution in [0.4, 0.5) is 5.82 Å². The predicted molar refractivity (Wildman–Crippen MR) is 114 cm³/mol. The molecule has 2 heterocycles. The SMILES string of the molecule is COc1cccc(Cn2nccc2NC(=O)c2ccc(Cn3cncn3)cc2)c1OC. The second-order valence-electron chi connectivity index (χ2n) is 6.77. The Morgan fingerprint density at radius 2 is 1.84 bits per heavy atom. The molecule has 0 bridgehead atoms. The van der Waals surface area contributed by atoms with Gasteiger partial charge in [-0.3, -0.25) is 4.79 Å². The number of ether oxygens (including phenoxy) is 2. The summed E-state index contributed by atoms with van der Waals surface area (Å²) in [4.78, 5) is 16.7. The zero-order valence-corrected chi connectivity index (χ0v) is 17.2. The van der Waals surface area contributed by atoms with Gasteiger partial charge < -0.3 is 14.8 Å². The first kappa shape index (κ1) is 20.1. The van der Waals surface area contributed by atoms with Crippen molar-refractivity contribution < 1.29 is 14.3 Å². The number of carbonyl (C=O) groups is 1. The molecule has 1 amide bonds. The van der Waals surface area contributed by atoms with Crippen LogP contribution in [0.5, 0.6) is 11.5 Å². The van der Waals surface area contributed by atoms with E-state index in [1.54, 1.807) is 54.3 Å². The van der Waals surface area contributed by atoms with Gasteiger partial charge in [-0.2, -0.15) is 10.2 Å². The number of aromatic nitrogens is 5. The Morgan fingerprint density at radius 1 is 1.00 bits per heavy atom. The number of methoxy groups -OCH3 is 2. The van der Waals surface area contributed by atoms with Crippen LogP contribution >= 0.6 is 0 Å². The van der Waals surface area contributed by atoms with Gasteiger partial charge in [0.1, 0.15) is 18.5 Å². The predicted octanol–water partition coefficient (Wildman–Crippen LogP) is 2.84. The van der Waals surface area contributed by atoms with Crippen LogP contribution in [0.25, 0.3) is 0 Å². The quantitative estimate of drug-likeness (QED) is 0.473. The van der Waals surface area contributed by atoms with E-state index in [1.807, 2.05) is 30.3 Å². The molecule has 0 fully saturated rings. The van der Waals surface area contributed by atoms with Gasteiger partial charge in [0.2, 0.25) is 0 Å². The van der Waals surface area contributed by atoms with E-state index in [-0.39, 0.29) is 5.91 Å². The summed E-state index contributed by atoms with van der Waals surface area (Å²) in [6, 6.07) is 14.8. The van der Waals surface area contributed by atoms with Gasteiger partial charge in [-0.25, -0.2) is 14.3 Å². The molecule has 4 aromatic rings. The van der Waals surface area contributed by atoms with E-state index < -0.39 is 0 Å². The van der Waals surface area contributed by atoms with Crippen LogP contribution in [0.15, 0.2) is 67.4 Å². The molecule has 31 heavy (non-hydrogen) atoms. The maximum absolute atomic E-state index is 12.7. The topological polar surface area (TPSA) is 96.1 Å². The number of amides is 1. The average Bonchev–Trinajstić information content (AvgIpc) is 3.46. The van der Waals surface area contributed by atoms with Crippen LogP contribution < -0.4 is 14.8 Å². The van der Waals surface area contributed by atoms with E-state index in [2.05, 4.69) is 20.5 Å². The molecule has 0 atom stereocenters. The smallest absolute Gasteiger partial charge is 0.256 e. The highest BCUT2D eigenvalue weighted by Crippen LogP contribution is 2.31. The minimum Gasteiger partial charge on any atom is -0.493 e. The van der Waals surface area contributed by atoms with Crippen LogP contribution in [0, 0.1) is 0 Å². The zero-order chi connectivity index (χ0) is 21.6. The second kappa shape index (κ2) is 9.12. The molecule has 158 valence electrons. The number of nitrogens with one attached hydrogen (secondary N) is 1. The monoisotopic (exact) mass is 418 g/mol. The van der Waals surface area contributed by atoms with Crippen molar-refractivity contribution in [2.75, 3.05) is 19.5 Å². The largest absolute Gasteiger partial charge is 0.493 e. The molecule has 2 aromatic heterocycles. The number of anilines is 1. The van der Waals surface area contributed by atoms with Gasteiger partial charge in [0.25, 0.3) is 5.91 Å². The lowest BCUT2D eigenvalue weighted by molar-refractivity contribution is 0.102. The van der Waals surface area contributed by atoms with Gasteiger partial charge in [-0.05, 0) is 23.8 Å². The highest BCUT2D eigenvalue weighted by atomic mass is 16.5. The number of benzene rings is 2. The Morgan fingerprint density at radius 3 is 2.55 bits per heavy atom. The highest BCUT2D eigenvalue weighted by Gasteiger charge is 2.14. The molecule has 0 aliphatic heterocycles. The molecular weight excluding hydrogens is 396 g/mol. The van der Waals surface area contributed by atoms with E-state index in [0.717, 1.165) is 11.1 Å². The minimum absolute atomic E-state index is 0.216. The number of rotatable bonds is 8. The van der Waals surface area contributed by atoms with Crippen molar-refractivity contribution in [2.24, 2.45) is 0 Å². The third kappa shape index (κ3) is 4.55. The molecule has 0 saturated heterocycles. The summed E-state index contributed by atoms with van der Waals surface area (Å²) in [5.74, 6) is 1.65. The Balaban J connectivity index is 1.46. The third-order valence-electron chi connectivity index (χ3n) is 4.79. The summed E-state index contributed by atoms with van der Waals surface area (Å²) in [7, 11) is 3.19. The Labute approximate surface area is 179 Å². The van der Waals surface area contributed by atoms with Gasteiger partial charge in [-0.15, -0.1) is 0 Å². The number of carbonyl (C=O) groups excluding carboxylic acids is 1. The van der Waals surface area contributed by atoms with E-state index in [1.165, 1.54) is 6.33 Å². The van der Waals surface area contributed by atoms with Crippen LogP contribution in [-0.4, -0.2) is 44.7 Å². The Bertz CT molecular complexity index is 1150. The van der Waals surface area contributed by atoms with Crippen molar-refractivity contribution in [3.05, 3.63) is 84.1 Å². The van der Waals surface area contributed by atoms with Gasteiger partial charge in [0, 0.05) is 17.2 Å². The molecule has 2 aromatic carbocycles. The molecule has 0 unspecified atom stereocenters. The van der Waals surface area contributed by atoms with Gasteiger partial charge in [0.15, 0.2) is 11.5 Å². The van der Waals surface area contributed by atoms with E-state index in [9.17, 15) is 4.79 Å². The number of hydrogen-bond donors (Lipinski definition) is 1. The van der Waals surface area contributed by atoms with E-state index >= 15 is 0 Å². The molecule has 0 aliphatic carbocycles. The normalized spacial score (nSPS) is 10.6. The van der Waals surface area contributed by atoms with Crippen molar-refractivity contribution in [3.8, 4) is 11.5 Å². The molecule has 0 saturated carbocycles. The standard InChI is InChI=1S/C22H22N6O3/c1-30-19-5-3-4-18(21(19)31-2)13-28-20(10-11-24-28)26-22(29)17-8-6-16(7-9-17)12-27-15-23-14-25-27/h3-11,14-15H,12-13H2,1-2H3,(H,26,29). The number of nitrogens with zero attached hydrogens (tertiary/aromatic N) is 5. The molecule has 0 spiro atoms. The van der Waals surface area contributed by atoms with Crippen LogP contribution in [0.2, 0.25) is 0 Å². The molecule has 0 radical (unpaired) electrons. The third-order valence-corrected chi connectivity index (χ3v) is 4.79. The first-order valence-corrected chi connectivity index (χ1v) is 9.62. The lowest BCUT2D eigenvalue weighted by Crippen LogP contribution is -2.16. The fraction of sp³-hybridized carbons (Fsp3) is 0.182. The summed E-state index contributed by atoms with van der Waals surface area (Å²) in [6.07, 6.45) is 4.79. The number of para-hydroxylation sites is 1. The van der Waals surface area contributed by atoms with Crippen LogP contribution in [0.3, 0.4) is 0 Å². The van der Waals surface area contributed by atoms with Gasteiger partial charge in [0.05, 0.1) is 33.5 Å². The lowest BCUT2D eigenvalue weighted by atomic mass is 10.1. The summed E-state index contributed by atoms with van der Waals surface area (Å²) in [6.45, 7) is 1.01. The Hall–Kier alpha value is -4.14. The maximum Gasteiger partial charge on any atom is 0.256 e. The molecule has 0 aliphatic rings. The minimum atomic E-state index is -0.216. The van der Waals surface area contributed by atoms with Crippen LogP contribution in [-0.2, 0) is 13.1 Å². The number of hydrogen-bond acceptors (Lipinski definition) is 6. The summed E-state index contributed by atoms with van der Waals surface area (Å²) in [5, 5.41) is 11.3. The van der Waals surface area contributed by atoms with Crippen molar-refractivity contribution in [3.63, 3.8) is 0 Å². The average molecular weight is 418 g/mol. The highest BCUT2D eigenvalue weighted by molar-refractivity contribution is 6.03. The maximum atomic E-state index is 12.7. The van der Waals surface area contributed by atoms with E-state index in [4.69, 9.17) is 9.47 Å². The first-order chi connectivity index (χ1) is 15.2. The Kier molecular flexibility index (Phi) is 5.93. The van der Waals surface area contributed by atoms with Gasteiger partial charge in [-0.1, -0.05) is 24.3 Å². The van der Waals surface area contributed by atoms with Crippen LogP contribution in [0.1, 0.15) is 21.5 Å². The second-order valence-corrected chi connectivity index (χ2v) is 6.77. The first-order valence-electron chi connectivity index (χ1n) is 9.62. The fourth-order valence-electron chi connectivity index (χ4n) is 3.26. The lowest BCUT2D eigenvalue weighted by Gasteiger charge is -2.14. The van der Waals surface area contributed by atoms with E-state index in [0.29, 0.717) is 36.0 Å². The molecular formula is C22H22N6O3. The van der Waals surface area contributed by atoms with Crippen molar-refractivity contribution >= 4 is 11.7 Å². The molecule has 1 N–H and O–H groups in total. The fourth-order valence-corrected chi connectivity index (χ4v) is 3.26.